The third-order valence-electron chi connectivity index (χ3n) is 5.77. The summed E-state index contributed by atoms with van der Waals surface area (Å²) in [5.74, 6) is -2.03. The number of Topliss-reactive ketones (excluding diaryl/α,β-unsaturated/α-hetero) is 1. The second-order valence-electron chi connectivity index (χ2n) is 9.41. The third-order valence-corrected chi connectivity index (χ3v) is 11.5. The molecule has 7 nitrogen and oxygen atoms in total. The molecule has 1 saturated heterocycles. The zero-order valence-electron chi connectivity index (χ0n) is 19.2. The zero-order valence-corrected chi connectivity index (χ0v) is 21.1. The van der Waals surface area contributed by atoms with E-state index in [1.807, 2.05) is 13.8 Å². The molecule has 166 valence electrons. The van der Waals surface area contributed by atoms with Crippen LogP contribution in [0, 0.1) is 0 Å². The van der Waals surface area contributed by atoms with Gasteiger partial charge in [0.25, 0.3) is 0 Å². The Morgan fingerprint density at radius 1 is 1.21 bits per heavy atom. The molecule has 0 spiro atoms. The fraction of sp³-hybridized carbons (Fsp3) is 0.800. The summed E-state index contributed by atoms with van der Waals surface area (Å²) in [5, 5.41) is 0.636. The number of methoxy groups -OCH3 is 2. The molecule has 0 amide bonds. The SMILES string of the molecule is COC(C)(OC)c1ncc(C(=O)[C@H]2OC(C)(C)O[C@@H]2CO[Si](C)(C)C(C)(C)C)s1. The molecule has 0 bridgehead atoms. The van der Waals surface area contributed by atoms with Gasteiger partial charge in [-0.2, -0.15) is 0 Å². The van der Waals surface area contributed by atoms with E-state index >= 15 is 0 Å². The van der Waals surface area contributed by atoms with Gasteiger partial charge in [0.15, 0.2) is 25.2 Å². The summed E-state index contributed by atoms with van der Waals surface area (Å²) in [6, 6.07) is 0. The molecular formula is C20H35NO6SSi. The molecule has 1 aliphatic heterocycles. The van der Waals surface area contributed by atoms with Crippen LogP contribution in [0.5, 0.6) is 0 Å². The normalized spacial score (nSPS) is 22.8. The summed E-state index contributed by atoms with van der Waals surface area (Å²) in [6.07, 6.45) is 0.312. The molecule has 0 saturated carbocycles. The van der Waals surface area contributed by atoms with Gasteiger partial charge in [-0.25, -0.2) is 4.98 Å². The number of rotatable bonds is 8. The number of hydrogen-bond donors (Lipinski definition) is 0. The number of carbonyl (C=O) groups is 1. The first-order valence-electron chi connectivity index (χ1n) is 9.76. The highest BCUT2D eigenvalue weighted by Gasteiger charge is 2.48. The summed E-state index contributed by atoms with van der Waals surface area (Å²) in [5.41, 5.74) is 0. The first-order chi connectivity index (χ1) is 13.2. The molecule has 0 N–H and O–H groups in total. The first kappa shape index (κ1) is 24.6. The lowest BCUT2D eigenvalue weighted by molar-refractivity contribution is -0.201. The van der Waals surface area contributed by atoms with Crippen molar-refractivity contribution < 1.29 is 28.2 Å². The van der Waals surface area contributed by atoms with Crippen LogP contribution < -0.4 is 0 Å². The fourth-order valence-electron chi connectivity index (χ4n) is 2.68. The highest BCUT2D eigenvalue weighted by atomic mass is 32.1. The van der Waals surface area contributed by atoms with Gasteiger partial charge in [0, 0.05) is 20.4 Å². The number of nitrogens with zero attached hydrogens (tertiary/aromatic N) is 1. The molecule has 2 atom stereocenters. The van der Waals surface area contributed by atoms with Crippen LogP contribution in [0.1, 0.15) is 56.2 Å². The van der Waals surface area contributed by atoms with Crippen LogP contribution >= 0.6 is 11.3 Å². The summed E-state index contributed by atoms with van der Waals surface area (Å²) in [7, 11) is 1.09. The molecule has 0 aromatic carbocycles. The predicted octanol–water partition coefficient (Wildman–Crippen LogP) is 4.33. The van der Waals surface area contributed by atoms with Gasteiger partial charge in [0.2, 0.25) is 11.6 Å². The number of hydrogen-bond acceptors (Lipinski definition) is 8. The van der Waals surface area contributed by atoms with Gasteiger partial charge in [-0.1, -0.05) is 20.8 Å². The van der Waals surface area contributed by atoms with Crippen LogP contribution in [-0.4, -0.2) is 57.9 Å². The lowest BCUT2D eigenvalue weighted by Crippen LogP contribution is -2.45. The standard InChI is InChI=1S/C20H35NO6SSi/c1-18(2,3)29(9,10)25-12-13-16(27-19(4,5)26-13)15(22)14-11-21-17(28-14)20(6,23-7)24-8/h11,13,16H,12H2,1-10H3/t13-,16+/m1/s1. The average Bonchev–Trinajstić information content (AvgIpc) is 3.22. The van der Waals surface area contributed by atoms with Gasteiger partial charge in [0.05, 0.1) is 11.5 Å². The lowest BCUT2D eigenvalue weighted by Gasteiger charge is -2.37. The van der Waals surface area contributed by atoms with Crippen molar-refractivity contribution in [1.82, 2.24) is 4.98 Å². The molecule has 1 fully saturated rings. The van der Waals surface area contributed by atoms with Crippen LogP contribution in [0.4, 0.5) is 0 Å². The minimum absolute atomic E-state index is 0.0683. The van der Waals surface area contributed by atoms with Crippen molar-refractivity contribution in [2.24, 2.45) is 0 Å². The molecule has 1 aliphatic rings. The lowest BCUT2D eigenvalue weighted by atomic mass is 10.1. The van der Waals surface area contributed by atoms with E-state index in [9.17, 15) is 4.79 Å². The minimum atomic E-state index is -1.98. The summed E-state index contributed by atoms with van der Waals surface area (Å²) < 4.78 is 29.1. The van der Waals surface area contributed by atoms with Crippen LogP contribution in [-0.2, 0) is 29.2 Å². The highest BCUT2D eigenvalue weighted by Crippen LogP contribution is 2.38. The number of aromatic nitrogens is 1. The van der Waals surface area contributed by atoms with E-state index in [2.05, 4.69) is 38.8 Å². The monoisotopic (exact) mass is 445 g/mol. The van der Waals surface area contributed by atoms with Gasteiger partial charge in [-0.3, -0.25) is 4.79 Å². The zero-order chi connectivity index (χ0) is 22.3. The molecular weight excluding hydrogens is 410 g/mol. The maximum atomic E-state index is 13.2. The Labute approximate surface area is 179 Å². The van der Waals surface area contributed by atoms with Crippen LogP contribution in [0.15, 0.2) is 6.20 Å². The van der Waals surface area contributed by atoms with Gasteiger partial charge >= 0.3 is 0 Å². The number of ketones is 1. The largest absolute Gasteiger partial charge is 0.414 e. The maximum absolute atomic E-state index is 13.2. The third kappa shape index (κ3) is 5.33. The fourth-order valence-corrected chi connectivity index (χ4v) is 4.68. The average molecular weight is 446 g/mol. The Kier molecular flexibility index (Phi) is 7.16. The van der Waals surface area contributed by atoms with E-state index in [0.717, 1.165) is 0 Å². The Hall–Kier alpha value is -0.683. The minimum Gasteiger partial charge on any atom is -0.414 e. The molecule has 0 unspecified atom stereocenters. The number of carbonyl (C=O) groups excluding carboxylic acids is 1. The van der Waals surface area contributed by atoms with E-state index in [1.54, 1.807) is 13.1 Å². The van der Waals surface area contributed by atoms with Crippen LogP contribution in [0.2, 0.25) is 18.1 Å². The van der Waals surface area contributed by atoms with Gasteiger partial charge in [0.1, 0.15) is 6.10 Å². The Balaban J connectivity index is 2.20. The second-order valence-corrected chi connectivity index (χ2v) is 15.3. The number of ether oxygens (including phenoxy) is 4. The van der Waals surface area contributed by atoms with E-state index in [-0.39, 0.29) is 10.8 Å². The van der Waals surface area contributed by atoms with Gasteiger partial charge in [-0.05, 0) is 38.9 Å². The molecule has 2 rings (SSSR count). The molecule has 9 heteroatoms. The quantitative estimate of drug-likeness (QED) is 0.335. The van der Waals surface area contributed by atoms with Crippen molar-refractivity contribution in [2.75, 3.05) is 20.8 Å². The summed E-state index contributed by atoms with van der Waals surface area (Å²) >= 11 is 1.24. The molecule has 29 heavy (non-hydrogen) atoms. The van der Waals surface area contributed by atoms with E-state index in [1.165, 1.54) is 25.6 Å². The Morgan fingerprint density at radius 2 is 1.79 bits per heavy atom. The van der Waals surface area contributed by atoms with Gasteiger partial charge in [-0.15, -0.1) is 11.3 Å². The van der Waals surface area contributed by atoms with E-state index < -0.39 is 32.1 Å². The summed E-state index contributed by atoms with van der Waals surface area (Å²) in [4.78, 5) is 18.0. The van der Waals surface area contributed by atoms with Crippen molar-refractivity contribution in [1.29, 1.82) is 0 Å². The van der Waals surface area contributed by atoms with E-state index in [4.69, 9.17) is 23.4 Å². The molecule has 2 heterocycles. The second kappa shape index (κ2) is 8.45. The van der Waals surface area contributed by atoms with Crippen molar-refractivity contribution in [3.05, 3.63) is 16.1 Å². The predicted molar refractivity (Wildman–Crippen MR) is 115 cm³/mol. The maximum Gasteiger partial charge on any atom is 0.218 e. The van der Waals surface area contributed by atoms with Crippen molar-refractivity contribution >= 4 is 25.4 Å². The summed E-state index contributed by atoms with van der Waals surface area (Å²) in [6.45, 7) is 16.6. The van der Waals surface area contributed by atoms with Crippen molar-refractivity contribution in [2.45, 2.75) is 83.5 Å². The Bertz CT molecular complexity index is 723. The van der Waals surface area contributed by atoms with Crippen LogP contribution in [0.25, 0.3) is 0 Å². The molecule has 0 aliphatic carbocycles. The van der Waals surface area contributed by atoms with Gasteiger partial charge < -0.3 is 23.4 Å². The smallest absolute Gasteiger partial charge is 0.218 e. The number of thiazole rings is 1. The topological polar surface area (TPSA) is 76.1 Å². The first-order valence-corrected chi connectivity index (χ1v) is 13.5. The molecule has 0 radical (unpaired) electrons. The van der Waals surface area contributed by atoms with Crippen molar-refractivity contribution in [3.63, 3.8) is 0 Å². The van der Waals surface area contributed by atoms with E-state index in [0.29, 0.717) is 16.5 Å². The molecule has 1 aromatic heterocycles. The molecule has 1 aromatic rings. The Morgan fingerprint density at radius 3 is 2.31 bits per heavy atom. The van der Waals surface area contributed by atoms with Crippen molar-refractivity contribution in [3.8, 4) is 0 Å². The van der Waals surface area contributed by atoms with Crippen LogP contribution in [0.3, 0.4) is 0 Å². The highest BCUT2D eigenvalue weighted by molar-refractivity contribution is 7.13.